The maximum absolute atomic E-state index is 12.7. The Hall–Kier alpha value is -3.42. The third-order valence-electron chi connectivity index (χ3n) is 4.61. The Morgan fingerprint density at radius 1 is 1.23 bits per heavy atom. The van der Waals surface area contributed by atoms with Crippen LogP contribution in [0.2, 0.25) is 0 Å². The van der Waals surface area contributed by atoms with Gasteiger partial charge in [-0.2, -0.15) is 0 Å². The second-order valence-electron chi connectivity index (χ2n) is 6.20. The highest BCUT2D eigenvalue weighted by molar-refractivity contribution is 6.08. The van der Waals surface area contributed by atoms with E-state index in [1.807, 2.05) is 0 Å². The Labute approximate surface area is 148 Å². The number of piperidine rings is 1. The summed E-state index contributed by atoms with van der Waals surface area (Å²) in [5.74, 6) is -1.43. The SMILES string of the molecule is O=C1CCC(N2Cc3c(NC(=O)c4ccoc4)cccc3C2=O)C(=O)N1. The number of nitrogens with one attached hydrogen (secondary N) is 2. The van der Waals surface area contributed by atoms with Gasteiger partial charge in [-0.15, -0.1) is 0 Å². The smallest absolute Gasteiger partial charge is 0.258 e. The molecule has 0 radical (unpaired) electrons. The Kier molecular flexibility index (Phi) is 3.80. The van der Waals surface area contributed by atoms with Crippen molar-refractivity contribution in [3.63, 3.8) is 0 Å². The van der Waals surface area contributed by atoms with Crippen molar-refractivity contribution in [1.29, 1.82) is 0 Å². The number of amides is 4. The van der Waals surface area contributed by atoms with E-state index in [1.165, 1.54) is 17.4 Å². The Morgan fingerprint density at radius 3 is 2.81 bits per heavy atom. The van der Waals surface area contributed by atoms with Crippen LogP contribution in [0.25, 0.3) is 0 Å². The van der Waals surface area contributed by atoms with Gasteiger partial charge in [0.05, 0.1) is 11.8 Å². The summed E-state index contributed by atoms with van der Waals surface area (Å²) in [6.07, 6.45) is 3.22. The number of anilines is 1. The third-order valence-corrected chi connectivity index (χ3v) is 4.61. The zero-order chi connectivity index (χ0) is 18.3. The van der Waals surface area contributed by atoms with Crippen LogP contribution in [-0.2, 0) is 16.1 Å². The highest BCUT2D eigenvalue weighted by Gasteiger charge is 2.39. The maximum atomic E-state index is 12.7. The van der Waals surface area contributed by atoms with Crippen molar-refractivity contribution in [2.75, 3.05) is 5.32 Å². The predicted molar refractivity (Wildman–Crippen MR) is 89.1 cm³/mol. The molecule has 1 saturated heterocycles. The van der Waals surface area contributed by atoms with Gasteiger partial charge in [0.15, 0.2) is 0 Å². The zero-order valence-electron chi connectivity index (χ0n) is 13.7. The molecule has 2 aliphatic rings. The van der Waals surface area contributed by atoms with Gasteiger partial charge in [0, 0.05) is 29.8 Å². The minimum Gasteiger partial charge on any atom is -0.472 e. The number of carbonyl (C=O) groups excluding carboxylic acids is 4. The number of hydrogen-bond acceptors (Lipinski definition) is 5. The molecule has 1 aromatic carbocycles. The molecule has 1 fully saturated rings. The van der Waals surface area contributed by atoms with E-state index < -0.39 is 11.9 Å². The molecule has 132 valence electrons. The Bertz CT molecular complexity index is 919. The van der Waals surface area contributed by atoms with E-state index in [4.69, 9.17) is 4.42 Å². The third kappa shape index (κ3) is 2.65. The van der Waals surface area contributed by atoms with Crippen LogP contribution in [0.1, 0.15) is 39.1 Å². The first-order valence-corrected chi connectivity index (χ1v) is 8.14. The summed E-state index contributed by atoms with van der Waals surface area (Å²) in [5.41, 5.74) is 1.98. The molecule has 0 bridgehead atoms. The number of hydrogen-bond donors (Lipinski definition) is 2. The monoisotopic (exact) mass is 353 g/mol. The minimum atomic E-state index is -0.690. The lowest BCUT2D eigenvalue weighted by Gasteiger charge is -2.29. The van der Waals surface area contributed by atoms with Gasteiger partial charge in [0.25, 0.3) is 11.8 Å². The fourth-order valence-electron chi connectivity index (χ4n) is 3.29. The molecule has 8 nitrogen and oxygen atoms in total. The van der Waals surface area contributed by atoms with Crippen LogP contribution >= 0.6 is 0 Å². The van der Waals surface area contributed by atoms with Crippen LogP contribution in [0.5, 0.6) is 0 Å². The number of carbonyl (C=O) groups is 4. The largest absolute Gasteiger partial charge is 0.472 e. The van der Waals surface area contributed by atoms with Gasteiger partial charge in [-0.25, -0.2) is 0 Å². The van der Waals surface area contributed by atoms with Crippen LogP contribution < -0.4 is 10.6 Å². The summed E-state index contributed by atoms with van der Waals surface area (Å²) < 4.78 is 4.90. The first kappa shape index (κ1) is 16.1. The summed E-state index contributed by atoms with van der Waals surface area (Å²) in [7, 11) is 0. The molecule has 26 heavy (non-hydrogen) atoms. The molecule has 1 aromatic heterocycles. The van der Waals surface area contributed by atoms with E-state index in [2.05, 4.69) is 10.6 Å². The lowest BCUT2D eigenvalue weighted by molar-refractivity contribution is -0.136. The highest BCUT2D eigenvalue weighted by Crippen LogP contribution is 2.32. The summed E-state index contributed by atoms with van der Waals surface area (Å²) in [6.45, 7) is 0.197. The van der Waals surface area contributed by atoms with Crippen molar-refractivity contribution >= 4 is 29.3 Å². The second kappa shape index (κ2) is 6.14. The molecular formula is C18H15N3O5. The van der Waals surface area contributed by atoms with Crippen molar-refractivity contribution in [2.24, 2.45) is 0 Å². The topological polar surface area (TPSA) is 109 Å². The van der Waals surface area contributed by atoms with Gasteiger partial charge in [0.2, 0.25) is 11.8 Å². The van der Waals surface area contributed by atoms with Gasteiger partial charge in [-0.3, -0.25) is 24.5 Å². The molecule has 4 rings (SSSR count). The number of fused-ring (bicyclic) bond motifs is 1. The van der Waals surface area contributed by atoms with Crippen LogP contribution in [0.3, 0.4) is 0 Å². The zero-order valence-corrected chi connectivity index (χ0v) is 13.7. The fraction of sp³-hybridized carbons (Fsp3) is 0.222. The van der Waals surface area contributed by atoms with E-state index in [9.17, 15) is 19.2 Å². The quantitative estimate of drug-likeness (QED) is 0.809. The molecule has 2 N–H and O–H groups in total. The average Bonchev–Trinajstić information content (AvgIpc) is 3.25. The molecular weight excluding hydrogens is 338 g/mol. The van der Waals surface area contributed by atoms with E-state index in [-0.39, 0.29) is 30.7 Å². The molecule has 4 amide bonds. The Morgan fingerprint density at radius 2 is 2.08 bits per heavy atom. The molecule has 0 spiro atoms. The molecule has 1 unspecified atom stereocenters. The van der Waals surface area contributed by atoms with E-state index in [1.54, 1.807) is 24.3 Å². The molecule has 1 atom stereocenters. The van der Waals surface area contributed by atoms with E-state index in [0.717, 1.165) is 0 Å². The maximum Gasteiger partial charge on any atom is 0.258 e. The normalized spacial score (nSPS) is 19.3. The number of furan rings is 1. The number of benzene rings is 1. The van der Waals surface area contributed by atoms with E-state index >= 15 is 0 Å². The lowest BCUT2D eigenvalue weighted by atomic mass is 10.0. The number of imide groups is 1. The first-order valence-electron chi connectivity index (χ1n) is 8.14. The number of rotatable bonds is 3. The van der Waals surface area contributed by atoms with Gasteiger partial charge < -0.3 is 14.6 Å². The lowest BCUT2D eigenvalue weighted by Crippen LogP contribution is -2.52. The average molecular weight is 353 g/mol. The van der Waals surface area contributed by atoms with Gasteiger partial charge in [-0.1, -0.05) is 6.07 Å². The molecule has 0 aliphatic carbocycles. The van der Waals surface area contributed by atoms with Crippen LogP contribution in [0.4, 0.5) is 5.69 Å². The van der Waals surface area contributed by atoms with E-state index in [0.29, 0.717) is 28.8 Å². The highest BCUT2D eigenvalue weighted by atomic mass is 16.3. The standard InChI is InChI=1S/C18H15N3O5/c22-15-5-4-14(17(24)20-15)21-8-12-11(18(21)25)2-1-3-13(12)19-16(23)10-6-7-26-9-10/h1-3,6-7,9,14H,4-5,8H2,(H,19,23)(H,20,22,24). The van der Waals surface area contributed by atoms with Gasteiger partial charge in [-0.05, 0) is 24.6 Å². The second-order valence-corrected chi connectivity index (χ2v) is 6.20. The minimum absolute atomic E-state index is 0.195. The van der Waals surface area contributed by atoms with Crippen LogP contribution in [0.15, 0.2) is 41.2 Å². The van der Waals surface area contributed by atoms with Crippen molar-refractivity contribution in [3.05, 3.63) is 53.5 Å². The summed E-state index contributed by atoms with van der Waals surface area (Å²) in [6, 6.07) is 5.90. The predicted octanol–water partition coefficient (Wildman–Crippen LogP) is 1.29. The van der Waals surface area contributed by atoms with Crippen LogP contribution in [0, 0.1) is 0 Å². The van der Waals surface area contributed by atoms with Crippen molar-refractivity contribution in [1.82, 2.24) is 10.2 Å². The molecule has 8 heteroatoms. The summed E-state index contributed by atoms with van der Waals surface area (Å²) in [4.78, 5) is 49.9. The molecule has 2 aliphatic heterocycles. The summed E-state index contributed by atoms with van der Waals surface area (Å²) in [5, 5.41) is 5.04. The fourth-order valence-corrected chi connectivity index (χ4v) is 3.29. The molecule has 3 heterocycles. The molecule has 2 aromatic rings. The van der Waals surface area contributed by atoms with Crippen molar-refractivity contribution in [2.45, 2.75) is 25.4 Å². The van der Waals surface area contributed by atoms with Crippen molar-refractivity contribution < 1.29 is 23.6 Å². The number of nitrogens with zero attached hydrogens (tertiary/aromatic N) is 1. The van der Waals surface area contributed by atoms with Crippen molar-refractivity contribution in [3.8, 4) is 0 Å². The molecule has 0 saturated carbocycles. The summed E-state index contributed by atoms with van der Waals surface area (Å²) >= 11 is 0. The van der Waals surface area contributed by atoms with Gasteiger partial charge in [0.1, 0.15) is 12.3 Å². The van der Waals surface area contributed by atoms with Crippen LogP contribution in [-0.4, -0.2) is 34.6 Å². The van der Waals surface area contributed by atoms with Gasteiger partial charge >= 0.3 is 0 Å². The Balaban J connectivity index is 1.59. The first-order chi connectivity index (χ1) is 12.5.